The first-order chi connectivity index (χ1) is 17.8. The second kappa shape index (κ2) is 11.1. The Kier molecular flexibility index (Phi) is 7.69. The molecule has 2 aromatic carbocycles. The Morgan fingerprint density at radius 1 is 0.757 bits per heavy atom. The Hall–Kier alpha value is -4.43. The van der Waals surface area contributed by atoms with Gasteiger partial charge in [0, 0.05) is 22.1 Å². The number of sulfone groups is 1. The summed E-state index contributed by atoms with van der Waals surface area (Å²) in [4.78, 5) is 8.67. The molecule has 10 nitrogen and oxygen atoms in total. The zero-order chi connectivity index (χ0) is 26.4. The van der Waals surface area contributed by atoms with Crippen molar-refractivity contribution < 1.29 is 8.42 Å². The highest BCUT2D eigenvalue weighted by atomic mass is 32.2. The van der Waals surface area contributed by atoms with E-state index in [1.165, 1.54) is 46.9 Å². The standard InChI is InChI=1S/C24H18N8O2S3/c1-15-13-35-23(27-15)21(11-25)31-29-17-3-7-19(8-4-17)37(33,34)20-9-5-18(6-10-20)30-32-22(12-26)24-28-16(2)14-36-24/h3-10,13-14,29-30H,1-2H3/b31-21+,32-22+. The third kappa shape index (κ3) is 6.05. The van der Waals surface area contributed by atoms with E-state index in [1.54, 1.807) is 24.3 Å². The first kappa shape index (κ1) is 25.7. The molecule has 0 amide bonds. The highest BCUT2D eigenvalue weighted by Gasteiger charge is 2.17. The lowest BCUT2D eigenvalue weighted by atomic mass is 10.3. The molecule has 0 unspecified atom stereocenters. The van der Waals surface area contributed by atoms with Crippen LogP contribution in [0.2, 0.25) is 0 Å². The van der Waals surface area contributed by atoms with Gasteiger partial charge in [0.25, 0.3) is 0 Å². The molecule has 0 aliphatic heterocycles. The fourth-order valence-electron chi connectivity index (χ4n) is 2.96. The number of hydrogen-bond acceptors (Lipinski definition) is 12. The number of anilines is 2. The summed E-state index contributed by atoms with van der Waals surface area (Å²) in [5, 5.41) is 31.4. The number of hydrogen-bond donors (Lipinski definition) is 2. The third-order valence-electron chi connectivity index (χ3n) is 4.78. The molecule has 2 aromatic heterocycles. The smallest absolute Gasteiger partial charge is 0.206 e. The maximum absolute atomic E-state index is 13.1. The first-order valence-corrected chi connectivity index (χ1v) is 13.8. The Morgan fingerprint density at radius 2 is 1.14 bits per heavy atom. The minimum atomic E-state index is -3.77. The van der Waals surface area contributed by atoms with Gasteiger partial charge in [-0.3, -0.25) is 10.9 Å². The fourth-order valence-corrected chi connectivity index (χ4v) is 5.69. The summed E-state index contributed by atoms with van der Waals surface area (Å²) < 4.78 is 26.1. The number of thiazole rings is 2. The third-order valence-corrected chi connectivity index (χ3v) is 8.50. The van der Waals surface area contributed by atoms with Crippen LogP contribution in [0.25, 0.3) is 0 Å². The summed E-state index contributed by atoms with van der Waals surface area (Å²) in [6, 6.07) is 16.1. The monoisotopic (exact) mass is 546 g/mol. The number of hydrazone groups is 2. The molecule has 0 radical (unpaired) electrons. The molecule has 0 bridgehead atoms. The van der Waals surface area contributed by atoms with E-state index in [9.17, 15) is 18.9 Å². The van der Waals surface area contributed by atoms with Crippen LogP contribution in [0.5, 0.6) is 0 Å². The van der Waals surface area contributed by atoms with Crippen LogP contribution in [0.3, 0.4) is 0 Å². The second-order valence-corrected chi connectivity index (χ2v) is 11.2. The van der Waals surface area contributed by atoms with Gasteiger partial charge in [-0.1, -0.05) is 0 Å². The summed E-state index contributed by atoms with van der Waals surface area (Å²) in [5.41, 5.74) is 8.42. The van der Waals surface area contributed by atoms with Crippen LogP contribution in [0.15, 0.2) is 79.3 Å². The molecule has 4 rings (SSSR count). The lowest BCUT2D eigenvalue weighted by Gasteiger charge is -2.07. The molecular formula is C24H18N8O2S3. The first-order valence-electron chi connectivity index (χ1n) is 10.6. The number of nitrogens with one attached hydrogen (secondary N) is 2. The lowest BCUT2D eigenvalue weighted by Crippen LogP contribution is -2.04. The van der Waals surface area contributed by atoms with Crippen LogP contribution in [-0.2, 0) is 9.84 Å². The lowest BCUT2D eigenvalue weighted by molar-refractivity contribution is 0.596. The number of nitrogens with zero attached hydrogens (tertiary/aromatic N) is 6. The van der Waals surface area contributed by atoms with Crippen LogP contribution in [0.4, 0.5) is 11.4 Å². The van der Waals surface area contributed by atoms with Gasteiger partial charge in [0.05, 0.1) is 21.2 Å². The predicted octanol–water partition coefficient (Wildman–Crippen LogP) is 4.73. The summed E-state index contributed by atoms with van der Waals surface area (Å²) in [7, 11) is -3.77. The number of benzene rings is 2. The summed E-state index contributed by atoms with van der Waals surface area (Å²) >= 11 is 2.63. The zero-order valence-corrected chi connectivity index (χ0v) is 21.9. The number of aryl methyl sites for hydroxylation is 2. The molecule has 0 atom stereocenters. The van der Waals surface area contributed by atoms with Crippen molar-refractivity contribution in [2.75, 3.05) is 10.9 Å². The SMILES string of the molecule is Cc1csc(/C(C#N)=N/Nc2ccc(S(=O)(=O)c3ccc(N/N=C(\C#N)c4nc(C)cs4)cc3)cc2)n1. The van der Waals surface area contributed by atoms with E-state index in [2.05, 4.69) is 31.0 Å². The molecule has 0 saturated carbocycles. The average molecular weight is 547 g/mol. The molecule has 0 spiro atoms. The summed E-state index contributed by atoms with van der Waals surface area (Å²) in [6.07, 6.45) is 0. The van der Waals surface area contributed by atoms with Gasteiger partial charge in [0.15, 0.2) is 21.4 Å². The Balaban J connectivity index is 1.45. The summed E-state index contributed by atoms with van der Waals surface area (Å²) in [6.45, 7) is 3.66. The normalized spacial score (nSPS) is 12.0. The van der Waals surface area contributed by atoms with Gasteiger partial charge < -0.3 is 0 Å². The van der Waals surface area contributed by atoms with Gasteiger partial charge >= 0.3 is 0 Å². The van der Waals surface area contributed by atoms with Crippen LogP contribution in [-0.4, -0.2) is 29.8 Å². The van der Waals surface area contributed by atoms with Gasteiger partial charge in [-0.2, -0.15) is 20.7 Å². The Labute approximate surface area is 221 Å². The highest BCUT2D eigenvalue weighted by Crippen LogP contribution is 2.24. The predicted molar refractivity (Wildman–Crippen MR) is 144 cm³/mol. The van der Waals surface area contributed by atoms with Crippen LogP contribution in [0.1, 0.15) is 21.4 Å². The maximum atomic E-state index is 13.1. The van der Waals surface area contributed by atoms with Crippen LogP contribution >= 0.6 is 22.7 Å². The highest BCUT2D eigenvalue weighted by molar-refractivity contribution is 7.91. The van der Waals surface area contributed by atoms with Gasteiger partial charge in [0.1, 0.15) is 12.1 Å². The van der Waals surface area contributed by atoms with Crippen molar-refractivity contribution in [3.8, 4) is 12.1 Å². The maximum Gasteiger partial charge on any atom is 0.206 e. The topological polar surface area (TPSA) is 156 Å². The number of aromatic nitrogens is 2. The molecule has 184 valence electrons. The van der Waals surface area contributed by atoms with Gasteiger partial charge in [-0.05, 0) is 62.4 Å². The second-order valence-electron chi connectivity index (χ2n) is 7.51. The molecule has 2 N–H and O–H groups in total. The Morgan fingerprint density at radius 3 is 1.43 bits per heavy atom. The number of rotatable bonds is 8. The Bertz CT molecular complexity index is 1550. The van der Waals surface area contributed by atoms with Gasteiger partial charge in [-0.25, -0.2) is 18.4 Å². The van der Waals surface area contributed by atoms with E-state index >= 15 is 0 Å². The quantitative estimate of drug-likeness (QED) is 0.237. The molecule has 37 heavy (non-hydrogen) atoms. The van der Waals surface area contributed by atoms with E-state index in [0.29, 0.717) is 21.4 Å². The molecule has 0 aliphatic rings. The molecule has 4 aromatic rings. The molecule has 13 heteroatoms. The molecule has 0 fully saturated rings. The van der Waals surface area contributed by atoms with Crippen molar-refractivity contribution in [1.82, 2.24) is 9.97 Å². The molecule has 0 aliphatic carbocycles. The number of nitriles is 2. The van der Waals surface area contributed by atoms with Gasteiger partial charge in [-0.15, -0.1) is 22.7 Å². The van der Waals surface area contributed by atoms with Crippen molar-refractivity contribution >= 4 is 55.3 Å². The van der Waals surface area contributed by atoms with Crippen molar-refractivity contribution in [3.05, 3.63) is 80.7 Å². The van der Waals surface area contributed by atoms with E-state index in [-0.39, 0.29) is 21.2 Å². The zero-order valence-electron chi connectivity index (χ0n) is 19.5. The van der Waals surface area contributed by atoms with E-state index in [1.807, 2.05) is 36.7 Å². The van der Waals surface area contributed by atoms with Crippen molar-refractivity contribution in [1.29, 1.82) is 10.5 Å². The minimum absolute atomic E-state index is 0.0997. The van der Waals surface area contributed by atoms with Crippen molar-refractivity contribution in [2.24, 2.45) is 10.2 Å². The average Bonchev–Trinajstić information content (AvgIpc) is 3.53. The van der Waals surface area contributed by atoms with Crippen molar-refractivity contribution in [2.45, 2.75) is 23.6 Å². The largest absolute Gasteiger partial charge is 0.277 e. The van der Waals surface area contributed by atoms with Crippen LogP contribution in [0, 0.1) is 36.5 Å². The van der Waals surface area contributed by atoms with E-state index < -0.39 is 9.84 Å². The summed E-state index contributed by atoms with van der Waals surface area (Å²) in [5.74, 6) is 0. The van der Waals surface area contributed by atoms with E-state index in [0.717, 1.165) is 11.4 Å². The van der Waals surface area contributed by atoms with Crippen molar-refractivity contribution in [3.63, 3.8) is 0 Å². The minimum Gasteiger partial charge on any atom is -0.277 e. The van der Waals surface area contributed by atoms with Crippen LogP contribution < -0.4 is 10.9 Å². The van der Waals surface area contributed by atoms with E-state index in [4.69, 9.17) is 0 Å². The fraction of sp³-hybridized carbons (Fsp3) is 0.0833. The van der Waals surface area contributed by atoms with Gasteiger partial charge in [0.2, 0.25) is 9.84 Å². The molecule has 2 heterocycles. The molecular weight excluding hydrogens is 529 g/mol. The molecule has 0 saturated heterocycles.